The predicted octanol–water partition coefficient (Wildman–Crippen LogP) is 6.63. The van der Waals surface area contributed by atoms with Crippen LogP contribution in [0.25, 0.3) is 22.5 Å². The highest BCUT2D eigenvalue weighted by Crippen LogP contribution is 2.44. The molecule has 0 unspecified atom stereocenters. The van der Waals surface area contributed by atoms with Crippen LogP contribution in [0.15, 0.2) is 48.7 Å². The van der Waals surface area contributed by atoms with Gasteiger partial charge in [0, 0.05) is 79.8 Å². The number of hydrogen-bond acceptors (Lipinski definition) is 10. The number of nitrogens with zero attached hydrogens (tertiary/aromatic N) is 3. The standard InChI is InChI=1S/C39H43ClF3N7O4/c1-52-37-22(20-46-24-13-16-54-17-14-24)6-9-32(49-37)29-12-15-45-35(34(29)40)28-5-3-4-27-26(28)8-10-31(27)48-36-30(39(41,42)43)18-23(38(50-36)53-2)19-44-21-25-7-11-33(51)47-25/h3-6,9,12,15,18,24-25,31,44,46H,7-8,10-11,13-14,16-17,19-21H2,1-2H3,(H,47,51)(H,48,50)/t25-,31-/m1/s1. The van der Waals surface area contributed by atoms with Crippen LogP contribution in [0, 0.1) is 0 Å². The number of ether oxygens (including phenoxy) is 3. The number of fused-ring (bicyclic) bond motifs is 1. The van der Waals surface area contributed by atoms with E-state index >= 15 is 0 Å². The minimum absolute atomic E-state index is 0.0292. The molecular formula is C39H43ClF3N7O4. The van der Waals surface area contributed by atoms with Gasteiger partial charge in [-0.15, -0.1) is 0 Å². The number of alkyl halides is 3. The minimum Gasteiger partial charge on any atom is -0.481 e. The largest absolute Gasteiger partial charge is 0.481 e. The van der Waals surface area contributed by atoms with Crippen molar-refractivity contribution in [3.63, 3.8) is 0 Å². The van der Waals surface area contributed by atoms with E-state index in [1.54, 1.807) is 13.3 Å². The third kappa shape index (κ3) is 8.26. The number of carbonyl (C=O) groups is 1. The average Bonchev–Trinajstić information content (AvgIpc) is 3.79. The Labute approximate surface area is 316 Å². The Kier molecular flexibility index (Phi) is 11.5. The first-order chi connectivity index (χ1) is 26.1. The summed E-state index contributed by atoms with van der Waals surface area (Å²) in [7, 11) is 2.98. The fourth-order valence-electron chi connectivity index (χ4n) is 7.49. The van der Waals surface area contributed by atoms with Crippen molar-refractivity contribution in [2.24, 2.45) is 0 Å². The Morgan fingerprint density at radius 1 is 0.944 bits per heavy atom. The van der Waals surface area contributed by atoms with Gasteiger partial charge in [-0.2, -0.15) is 18.2 Å². The van der Waals surface area contributed by atoms with Gasteiger partial charge in [-0.05, 0) is 61.4 Å². The highest BCUT2D eigenvalue weighted by atomic mass is 35.5. The highest BCUT2D eigenvalue weighted by molar-refractivity contribution is 6.35. The fourth-order valence-corrected chi connectivity index (χ4v) is 7.80. The summed E-state index contributed by atoms with van der Waals surface area (Å²) in [5.41, 5.74) is 4.77. The molecule has 3 aliphatic rings. The van der Waals surface area contributed by atoms with Crippen LogP contribution >= 0.6 is 11.6 Å². The summed E-state index contributed by atoms with van der Waals surface area (Å²) in [4.78, 5) is 25.3. The number of hydrogen-bond donors (Lipinski definition) is 4. The van der Waals surface area contributed by atoms with Gasteiger partial charge in [0.15, 0.2) is 0 Å². The second kappa shape index (κ2) is 16.5. The van der Waals surface area contributed by atoms with Crippen LogP contribution in [0.4, 0.5) is 19.0 Å². The summed E-state index contributed by atoms with van der Waals surface area (Å²) < 4.78 is 60.1. The smallest absolute Gasteiger partial charge is 0.419 e. The molecule has 0 radical (unpaired) electrons. The number of benzene rings is 1. The Morgan fingerprint density at radius 2 is 1.74 bits per heavy atom. The van der Waals surface area contributed by atoms with Gasteiger partial charge in [0.05, 0.1) is 42.2 Å². The van der Waals surface area contributed by atoms with Crippen LogP contribution in [-0.4, -0.2) is 66.9 Å². The van der Waals surface area contributed by atoms with Crippen LogP contribution in [0.2, 0.25) is 5.02 Å². The van der Waals surface area contributed by atoms with Crippen LogP contribution in [0.5, 0.6) is 11.8 Å². The molecule has 286 valence electrons. The molecular weight excluding hydrogens is 723 g/mol. The molecule has 5 heterocycles. The third-order valence-corrected chi connectivity index (χ3v) is 10.7. The topological polar surface area (TPSA) is 132 Å². The number of methoxy groups -OCH3 is 2. The lowest BCUT2D eigenvalue weighted by Gasteiger charge is -2.23. The minimum atomic E-state index is -4.67. The summed E-state index contributed by atoms with van der Waals surface area (Å²) in [6, 6.07) is 12.3. The third-order valence-electron chi connectivity index (χ3n) is 10.3. The van der Waals surface area contributed by atoms with Gasteiger partial charge in [0.1, 0.15) is 5.82 Å². The van der Waals surface area contributed by atoms with Gasteiger partial charge < -0.3 is 35.5 Å². The van der Waals surface area contributed by atoms with Crippen LogP contribution in [0.1, 0.15) is 66.0 Å². The first-order valence-electron chi connectivity index (χ1n) is 18.2. The Morgan fingerprint density at radius 3 is 2.48 bits per heavy atom. The zero-order valence-electron chi connectivity index (χ0n) is 30.1. The zero-order chi connectivity index (χ0) is 37.8. The molecule has 0 spiro atoms. The molecule has 2 aliphatic heterocycles. The Hall–Kier alpha value is -4.50. The summed E-state index contributed by atoms with van der Waals surface area (Å²) in [5.74, 6) is 0.252. The number of halogens is 4. The first-order valence-corrected chi connectivity index (χ1v) is 18.5. The van der Waals surface area contributed by atoms with Gasteiger partial charge in [-0.1, -0.05) is 35.9 Å². The molecule has 54 heavy (non-hydrogen) atoms. The van der Waals surface area contributed by atoms with E-state index in [1.807, 2.05) is 36.4 Å². The molecule has 2 saturated heterocycles. The zero-order valence-corrected chi connectivity index (χ0v) is 30.9. The number of amides is 1. The van der Waals surface area contributed by atoms with E-state index in [-0.39, 0.29) is 35.8 Å². The van der Waals surface area contributed by atoms with E-state index < -0.39 is 17.8 Å². The van der Waals surface area contributed by atoms with Crippen LogP contribution < -0.4 is 30.7 Å². The number of aromatic nitrogens is 3. The molecule has 4 aromatic rings. The number of pyridine rings is 3. The van der Waals surface area contributed by atoms with Crippen molar-refractivity contribution in [1.82, 2.24) is 30.9 Å². The van der Waals surface area contributed by atoms with Crippen molar-refractivity contribution in [3.05, 3.63) is 81.5 Å². The molecule has 15 heteroatoms. The van der Waals surface area contributed by atoms with Gasteiger partial charge in [-0.25, -0.2) is 4.98 Å². The number of rotatable bonds is 13. The maximum Gasteiger partial charge on any atom is 0.419 e. The SMILES string of the molecule is COc1nc(-c2ccnc(-c3cccc4c3CC[C@H]4Nc3nc(OC)c(CNC[C@H]4CCC(=O)N4)cc3C(F)(F)F)c2Cl)ccc1CNC1CCOCC1. The van der Waals surface area contributed by atoms with Gasteiger partial charge in [0.25, 0.3) is 0 Å². The van der Waals surface area contributed by atoms with Gasteiger partial charge in [-0.3, -0.25) is 9.78 Å². The second-order valence-corrected chi connectivity index (χ2v) is 14.1. The lowest BCUT2D eigenvalue weighted by atomic mass is 9.98. The van der Waals surface area contributed by atoms with Gasteiger partial charge in [0.2, 0.25) is 17.7 Å². The summed E-state index contributed by atoms with van der Waals surface area (Å²) >= 11 is 7.09. The van der Waals surface area contributed by atoms with E-state index in [0.29, 0.717) is 72.7 Å². The lowest BCUT2D eigenvalue weighted by molar-refractivity contribution is -0.137. The molecule has 1 aromatic carbocycles. The summed E-state index contributed by atoms with van der Waals surface area (Å²) in [5, 5.41) is 13.1. The Bertz CT molecular complexity index is 1990. The van der Waals surface area contributed by atoms with Crippen molar-refractivity contribution >= 4 is 23.3 Å². The first kappa shape index (κ1) is 37.8. The second-order valence-electron chi connectivity index (χ2n) is 13.7. The van der Waals surface area contributed by atoms with Crippen LogP contribution in [0.3, 0.4) is 0 Å². The maximum absolute atomic E-state index is 14.5. The molecule has 2 atom stereocenters. The summed E-state index contributed by atoms with van der Waals surface area (Å²) in [6.45, 7) is 2.62. The molecule has 1 aliphatic carbocycles. The molecule has 0 bridgehead atoms. The normalized spacial score (nSPS) is 18.7. The molecule has 7 rings (SSSR count). The lowest BCUT2D eigenvalue weighted by Crippen LogP contribution is -2.35. The number of carbonyl (C=O) groups excluding carboxylic acids is 1. The van der Waals surface area contributed by atoms with E-state index in [2.05, 4.69) is 31.2 Å². The van der Waals surface area contributed by atoms with E-state index in [4.69, 9.17) is 30.8 Å². The molecule has 3 aromatic heterocycles. The highest BCUT2D eigenvalue weighted by Gasteiger charge is 2.37. The van der Waals surface area contributed by atoms with Crippen molar-refractivity contribution < 1.29 is 32.2 Å². The summed E-state index contributed by atoms with van der Waals surface area (Å²) in [6.07, 6.45) is 1.15. The van der Waals surface area contributed by atoms with Crippen molar-refractivity contribution in [2.75, 3.05) is 39.3 Å². The fraction of sp³-hybridized carbons (Fsp3) is 0.436. The molecule has 0 saturated carbocycles. The van der Waals surface area contributed by atoms with Crippen molar-refractivity contribution in [2.45, 2.75) is 75.9 Å². The van der Waals surface area contributed by atoms with Crippen molar-refractivity contribution in [1.29, 1.82) is 0 Å². The quantitative estimate of drug-likeness (QED) is 0.118. The van der Waals surface area contributed by atoms with Gasteiger partial charge >= 0.3 is 6.18 Å². The van der Waals surface area contributed by atoms with E-state index in [0.717, 1.165) is 54.4 Å². The monoisotopic (exact) mass is 765 g/mol. The van der Waals surface area contributed by atoms with E-state index in [1.165, 1.54) is 7.11 Å². The van der Waals surface area contributed by atoms with Crippen LogP contribution in [-0.2, 0) is 35.2 Å². The molecule has 4 N–H and O–H groups in total. The Balaban J connectivity index is 1.12. The molecule has 1 amide bonds. The predicted molar refractivity (Wildman–Crippen MR) is 198 cm³/mol. The van der Waals surface area contributed by atoms with Crippen molar-refractivity contribution in [3.8, 4) is 34.3 Å². The number of nitrogens with one attached hydrogen (secondary N) is 4. The number of anilines is 1. The van der Waals surface area contributed by atoms with E-state index in [9.17, 15) is 18.0 Å². The molecule has 11 nitrogen and oxygen atoms in total. The molecule has 2 fully saturated rings. The average molecular weight is 766 g/mol. The maximum atomic E-state index is 14.5.